The van der Waals surface area contributed by atoms with Gasteiger partial charge in [0.05, 0.1) is 22.0 Å². The van der Waals surface area contributed by atoms with Gasteiger partial charge in [0.1, 0.15) is 17.3 Å². The van der Waals surface area contributed by atoms with Gasteiger partial charge in [-0.25, -0.2) is 13.5 Å². The number of anilines is 1. The summed E-state index contributed by atoms with van der Waals surface area (Å²) < 4.78 is 30.4. The zero-order valence-corrected chi connectivity index (χ0v) is 14.6. The van der Waals surface area contributed by atoms with Gasteiger partial charge in [-0.15, -0.1) is 0 Å². The van der Waals surface area contributed by atoms with Crippen LogP contribution >= 0.6 is 11.6 Å². The minimum atomic E-state index is -0.981. The van der Waals surface area contributed by atoms with E-state index >= 15 is 0 Å². The summed E-state index contributed by atoms with van der Waals surface area (Å²) in [6.07, 6.45) is 0. The molecule has 0 aliphatic heterocycles. The maximum absolute atomic E-state index is 13.9. The number of carbonyl (C=O) groups excluding carboxylic acids is 1. The van der Waals surface area contributed by atoms with Crippen molar-refractivity contribution in [2.75, 3.05) is 5.32 Å². The quantitative estimate of drug-likeness (QED) is 0.708. The molecule has 8 heteroatoms. The highest BCUT2D eigenvalue weighted by molar-refractivity contribution is 6.30. The number of aromatic nitrogens is 2. The Kier molecular flexibility index (Phi) is 4.65. The Labute approximate surface area is 152 Å². The number of nitrogens with zero attached hydrogens (tertiary/aromatic N) is 2. The third kappa shape index (κ3) is 3.01. The normalized spacial score (nSPS) is 10.8. The lowest BCUT2D eigenvalue weighted by Crippen LogP contribution is -2.23. The van der Waals surface area contributed by atoms with Crippen molar-refractivity contribution in [2.24, 2.45) is 7.05 Å². The molecule has 0 bridgehead atoms. The molecule has 26 heavy (non-hydrogen) atoms. The molecule has 1 heterocycles. The van der Waals surface area contributed by atoms with E-state index in [0.29, 0.717) is 23.5 Å². The Balaban J connectivity index is 2.03. The van der Waals surface area contributed by atoms with E-state index in [2.05, 4.69) is 5.32 Å². The molecule has 0 aliphatic rings. The number of nitrogens with one attached hydrogen (secondary N) is 1. The van der Waals surface area contributed by atoms with Crippen molar-refractivity contribution in [1.82, 2.24) is 9.36 Å². The van der Waals surface area contributed by atoms with Gasteiger partial charge in [0.15, 0.2) is 0 Å². The van der Waals surface area contributed by atoms with Gasteiger partial charge in [-0.3, -0.25) is 14.3 Å². The molecule has 0 saturated heterocycles. The second-order valence-electron chi connectivity index (χ2n) is 5.64. The van der Waals surface area contributed by atoms with Crippen LogP contribution in [-0.2, 0) is 7.05 Å². The van der Waals surface area contributed by atoms with Crippen LogP contribution in [0, 0.1) is 18.6 Å². The van der Waals surface area contributed by atoms with Crippen LogP contribution < -0.4 is 10.9 Å². The smallest absolute Gasteiger partial charge is 0.295 e. The predicted molar refractivity (Wildman–Crippen MR) is 95.1 cm³/mol. The van der Waals surface area contributed by atoms with Gasteiger partial charge in [-0.2, -0.15) is 0 Å². The lowest BCUT2D eigenvalue weighted by molar-refractivity contribution is 0.102. The summed E-state index contributed by atoms with van der Waals surface area (Å²) in [6, 6.07) is 10.2. The molecule has 0 unspecified atom stereocenters. The standard InChI is InChI=1S/C18H14ClF2N3O2/c1-10-16(18(26)24(23(10)2)11-6-4-3-5-7-11)22-17(25)12-8-15(21)13(19)9-14(12)20/h3-9H,1-2H3,(H,22,25). The van der Waals surface area contributed by atoms with Gasteiger partial charge >= 0.3 is 0 Å². The molecule has 2 aromatic carbocycles. The summed E-state index contributed by atoms with van der Waals surface area (Å²) in [6.45, 7) is 1.63. The summed E-state index contributed by atoms with van der Waals surface area (Å²) in [5, 5.41) is 1.94. The van der Waals surface area contributed by atoms with Gasteiger partial charge < -0.3 is 5.32 Å². The van der Waals surface area contributed by atoms with E-state index in [-0.39, 0.29) is 5.69 Å². The number of benzene rings is 2. The van der Waals surface area contributed by atoms with Gasteiger partial charge in [0.2, 0.25) is 0 Å². The highest BCUT2D eigenvalue weighted by Gasteiger charge is 2.21. The summed E-state index contributed by atoms with van der Waals surface area (Å²) in [5.74, 6) is -2.85. The molecule has 0 aliphatic carbocycles. The SMILES string of the molecule is Cc1c(NC(=O)c2cc(F)c(Cl)cc2F)c(=O)n(-c2ccccc2)n1C. The Bertz CT molecular complexity index is 1060. The monoisotopic (exact) mass is 377 g/mol. The highest BCUT2D eigenvalue weighted by atomic mass is 35.5. The van der Waals surface area contributed by atoms with Gasteiger partial charge in [-0.1, -0.05) is 29.8 Å². The first kappa shape index (κ1) is 17.9. The Morgan fingerprint density at radius 3 is 2.42 bits per heavy atom. The summed E-state index contributed by atoms with van der Waals surface area (Å²) >= 11 is 5.49. The molecule has 1 aromatic heterocycles. The second-order valence-corrected chi connectivity index (χ2v) is 6.04. The van der Waals surface area contributed by atoms with Crippen molar-refractivity contribution in [3.63, 3.8) is 0 Å². The van der Waals surface area contributed by atoms with Crippen molar-refractivity contribution in [3.05, 3.63) is 80.7 Å². The molecule has 0 atom stereocenters. The minimum Gasteiger partial charge on any atom is -0.316 e. The first-order valence-corrected chi connectivity index (χ1v) is 7.99. The molecule has 3 rings (SSSR count). The largest absolute Gasteiger partial charge is 0.316 e. The van der Waals surface area contributed by atoms with Gasteiger partial charge in [-0.05, 0) is 31.2 Å². The summed E-state index contributed by atoms with van der Waals surface area (Å²) in [4.78, 5) is 25.1. The van der Waals surface area contributed by atoms with Crippen molar-refractivity contribution in [3.8, 4) is 5.69 Å². The lowest BCUT2D eigenvalue weighted by atomic mass is 10.2. The van der Waals surface area contributed by atoms with Crippen LogP contribution in [0.25, 0.3) is 5.69 Å². The third-order valence-corrected chi connectivity index (χ3v) is 4.34. The third-order valence-electron chi connectivity index (χ3n) is 4.05. The second kappa shape index (κ2) is 6.76. The fraction of sp³-hybridized carbons (Fsp3) is 0.111. The molecule has 5 nitrogen and oxygen atoms in total. The van der Waals surface area contributed by atoms with Crippen molar-refractivity contribution < 1.29 is 13.6 Å². The Morgan fingerprint density at radius 1 is 1.12 bits per heavy atom. The maximum atomic E-state index is 13.9. The average molecular weight is 378 g/mol. The first-order valence-electron chi connectivity index (χ1n) is 7.61. The van der Waals surface area contributed by atoms with Gasteiger partial charge in [0, 0.05) is 7.05 Å². The molecular formula is C18H14ClF2N3O2. The van der Waals surface area contributed by atoms with Crippen LogP contribution in [0.4, 0.5) is 14.5 Å². The zero-order chi connectivity index (χ0) is 19.0. The highest BCUT2D eigenvalue weighted by Crippen LogP contribution is 2.21. The predicted octanol–water partition coefficient (Wildman–Crippen LogP) is 3.67. The van der Waals surface area contributed by atoms with E-state index in [1.807, 2.05) is 6.07 Å². The fourth-order valence-electron chi connectivity index (χ4n) is 2.59. The molecule has 1 N–H and O–H groups in total. The Hall–Kier alpha value is -2.93. The number of rotatable bonds is 3. The minimum absolute atomic E-state index is 0.0175. The van der Waals surface area contributed by atoms with Crippen molar-refractivity contribution in [1.29, 1.82) is 0 Å². The average Bonchev–Trinajstić information content (AvgIpc) is 2.82. The number of hydrogen-bond donors (Lipinski definition) is 1. The van der Waals surface area contributed by atoms with Crippen molar-refractivity contribution in [2.45, 2.75) is 6.92 Å². The molecular weight excluding hydrogens is 364 g/mol. The van der Waals surface area contributed by atoms with Crippen LogP contribution in [0.3, 0.4) is 0 Å². The maximum Gasteiger partial charge on any atom is 0.295 e. The van der Waals surface area contributed by atoms with Crippen molar-refractivity contribution >= 4 is 23.2 Å². The molecule has 1 amide bonds. The molecule has 0 radical (unpaired) electrons. The lowest BCUT2D eigenvalue weighted by Gasteiger charge is -2.07. The van der Waals surface area contributed by atoms with E-state index in [1.54, 1.807) is 42.9 Å². The number of amides is 1. The molecule has 134 valence electrons. The van der Waals surface area contributed by atoms with E-state index in [1.165, 1.54) is 4.68 Å². The van der Waals surface area contributed by atoms with E-state index in [4.69, 9.17) is 11.6 Å². The summed E-state index contributed by atoms with van der Waals surface area (Å²) in [5.41, 5.74) is 0.0192. The van der Waals surface area contributed by atoms with Crippen LogP contribution in [0.2, 0.25) is 5.02 Å². The zero-order valence-electron chi connectivity index (χ0n) is 13.9. The number of halogens is 3. The van der Waals surface area contributed by atoms with Crippen LogP contribution in [-0.4, -0.2) is 15.3 Å². The molecule has 0 fully saturated rings. The van der Waals surface area contributed by atoms with Crippen LogP contribution in [0.1, 0.15) is 16.1 Å². The van der Waals surface area contributed by atoms with E-state index in [0.717, 1.165) is 0 Å². The fourth-order valence-corrected chi connectivity index (χ4v) is 2.74. The molecule has 3 aromatic rings. The molecule has 0 spiro atoms. The van der Waals surface area contributed by atoms with Gasteiger partial charge in [0.25, 0.3) is 11.5 Å². The Morgan fingerprint density at radius 2 is 1.77 bits per heavy atom. The number of hydrogen-bond acceptors (Lipinski definition) is 2. The van der Waals surface area contributed by atoms with E-state index in [9.17, 15) is 18.4 Å². The van der Waals surface area contributed by atoms with Crippen LogP contribution in [0.15, 0.2) is 47.3 Å². The van der Waals surface area contributed by atoms with Crippen LogP contribution in [0.5, 0.6) is 0 Å². The van der Waals surface area contributed by atoms with E-state index < -0.39 is 33.7 Å². The molecule has 0 saturated carbocycles. The topological polar surface area (TPSA) is 56.0 Å². The number of carbonyl (C=O) groups is 1. The number of para-hydroxylation sites is 1. The summed E-state index contributed by atoms with van der Waals surface area (Å²) in [7, 11) is 1.65. The first-order chi connectivity index (χ1) is 12.3.